The van der Waals surface area contributed by atoms with E-state index < -0.39 is 0 Å². The lowest BCUT2D eigenvalue weighted by Crippen LogP contribution is -1.78. The summed E-state index contributed by atoms with van der Waals surface area (Å²) in [4.78, 5) is 4.27. The Morgan fingerprint density at radius 2 is 2.23 bits per heavy atom. The molecule has 1 aromatic carbocycles. The number of phenolic OH excluding ortho intramolecular Hbond substituents is 1. The first-order chi connectivity index (χ1) is 6.25. The molecule has 1 heterocycles. The van der Waals surface area contributed by atoms with Gasteiger partial charge in [0.25, 0.3) is 4.80 Å². The van der Waals surface area contributed by atoms with E-state index in [1.165, 1.54) is 0 Å². The molecule has 13 heavy (non-hydrogen) atoms. The number of benzene rings is 1. The van der Waals surface area contributed by atoms with Gasteiger partial charge in [-0.3, -0.25) is 0 Å². The molecule has 0 bridgehead atoms. The van der Waals surface area contributed by atoms with Crippen LogP contribution in [0.2, 0.25) is 0 Å². The molecule has 0 unspecified atom stereocenters. The lowest BCUT2D eigenvalue weighted by molar-refractivity contribution is 0.397. The van der Waals surface area contributed by atoms with Crippen LogP contribution in [0.5, 0.6) is 5.75 Å². The molecule has 5 heteroatoms. The van der Waals surface area contributed by atoms with Gasteiger partial charge < -0.3 is 9.63 Å². The molecule has 0 amide bonds. The van der Waals surface area contributed by atoms with E-state index in [-0.39, 0.29) is 5.75 Å². The third-order valence-corrected chi connectivity index (χ3v) is 1.83. The highest BCUT2D eigenvalue weighted by Crippen LogP contribution is 2.21. The van der Waals surface area contributed by atoms with Gasteiger partial charge in [-0.2, -0.15) is 4.98 Å². The Hall–Kier alpha value is -1.36. The number of halogens is 1. The van der Waals surface area contributed by atoms with Crippen LogP contribution in [0.3, 0.4) is 0 Å². The Morgan fingerprint density at radius 1 is 1.38 bits per heavy atom. The van der Waals surface area contributed by atoms with Crippen LogP contribution in [0, 0.1) is 0 Å². The Kier molecular flexibility index (Phi) is 2.02. The molecular formula is C8H5BrN2O2. The summed E-state index contributed by atoms with van der Waals surface area (Å²) >= 11 is 3.05. The van der Waals surface area contributed by atoms with Crippen molar-refractivity contribution in [2.45, 2.75) is 0 Å². The maximum atomic E-state index is 9.18. The molecule has 2 rings (SSSR count). The van der Waals surface area contributed by atoms with Crippen LogP contribution in [0.4, 0.5) is 0 Å². The number of aromatic hydroxyl groups is 1. The van der Waals surface area contributed by atoms with Crippen molar-refractivity contribution in [3.63, 3.8) is 0 Å². The van der Waals surface area contributed by atoms with Crippen molar-refractivity contribution in [3.05, 3.63) is 29.1 Å². The Morgan fingerprint density at radius 3 is 2.85 bits per heavy atom. The van der Waals surface area contributed by atoms with Crippen LogP contribution < -0.4 is 0 Å². The average molecular weight is 241 g/mol. The zero-order valence-electron chi connectivity index (χ0n) is 6.44. The minimum Gasteiger partial charge on any atom is -0.508 e. The number of phenols is 1. The first kappa shape index (κ1) is 8.25. The molecule has 0 atom stereocenters. The molecular weight excluding hydrogens is 236 g/mol. The minimum absolute atomic E-state index is 0.179. The zero-order chi connectivity index (χ0) is 9.26. The number of aromatic nitrogens is 2. The third-order valence-electron chi connectivity index (χ3n) is 1.51. The van der Waals surface area contributed by atoms with Gasteiger partial charge in [-0.1, -0.05) is 17.3 Å². The van der Waals surface area contributed by atoms with E-state index in [1.807, 2.05) is 0 Å². The van der Waals surface area contributed by atoms with Crippen molar-refractivity contribution in [1.82, 2.24) is 10.1 Å². The summed E-state index contributed by atoms with van der Waals surface area (Å²) in [5.41, 5.74) is 0.717. The van der Waals surface area contributed by atoms with Crippen LogP contribution in [-0.2, 0) is 0 Å². The summed E-state index contributed by atoms with van der Waals surface area (Å²) < 4.78 is 4.73. The van der Waals surface area contributed by atoms with Gasteiger partial charge in [0.15, 0.2) is 0 Å². The van der Waals surface area contributed by atoms with Crippen molar-refractivity contribution < 1.29 is 9.63 Å². The molecule has 1 N–H and O–H groups in total. The van der Waals surface area contributed by atoms with Gasteiger partial charge in [0, 0.05) is 21.5 Å². The van der Waals surface area contributed by atoms with Crippen molar-refractivity contribution in [2.24, 2.45) is 0 Å². The summed E-state index contributed by atoms with van der Waals surface area (Å²) in [6, 6.07) is 6.65. The first-order valence-electron chi connectivity index (χ1n) is 3.54. The van der Waals surface area contributed by atoms with Gasteiger partial charge in [-0.05, 0) is 12.1 Å². The molecule has 0 fully saturated rings. The number of hydrogen-bond donors (Lipinski definition) is 1. The van der Waals surface area contributed by atoms with Gasteiger partial charge in [0.2, 0.25) is 5.82 Å². The van der Waals surface area contributed by atoms with E-state index in [1.54, 1.807) is 24.3 Å². The van der Waals surface area contributed by atoms with Gasteiger partial charge in [0.05, 0.1) is 0 Å². The normalized spacial score (nSPS) is 10.2. The second kappa shape index (κ2) is 3.18. The lowest BCUT2D eigenvalue weighted by atomic mass is 10.2. The largest absolute Gasteiger partial charge is 0.508 e. The number of hydrogen-bond acceptors (Lipinski definition) is 4. The molecule has 0 saturated carbocycles. The van der Waals surface area contributed by atoms with Crippen LogP contribution >= 0.6 is 15.9 Å². The Labute approximate surface area is 82.3 Å². The Balaban J connectivity index is 2.46. The molecule has 0 aliphatic rings. The van der Waals surface area contributed by atoms with Gasteiger partial charge >= 0.3 is 0 Å². The third kappa shape index (κ3) is 1.70. The molecule has 0 aliphatic heterocycles. The predicted octanol–water partition coefficient (Wildman–Crippen LogP) is 2.20. The van der Waals surface area contributed by atoms with Crippen molar-refractivity contribution in [2.75, 3.05) is 0 Å². The van der Waals surface area contributed by atoms with Crippen LogP contribution in [-0.4, -0.2) is 15.2 Å². The topological polar surface area (TPSA) is 59.2 Å². The van der Waals surface area contributed by atoms with Gasteiger partial charge in [-0.25, -0.2) is 0 Å². The average Bonchev–Trinajstić information content (AvgIpc) is 2.52. The molecule has 0 saturated heterocycles. The SMILES string of the molecule is Oc1cccc(-c2noc(Br)n2)c1. The highest BCUT2D eigenvalue weighted by atomic mass is 79.9. The van der Waals surface area contributed by atoms with E-state index in [2.05, 4.69) is 26.1 Å². The highest BCUT2D eigenvalue weighted by molar-refractivity contribution is 9.10. The van der Waals surface area contributed by atoms with E-state index in [4.69, 9.17) is 4.52 Å². The maximum Gasteiger partial charge on any atom is 0.294 e. The van der Waals surface area contributed by atoms with Gasteiger partial charge in [0.1, 0.15) is 5.75 Å². The minimum atomic E-state index is 0.179. The van der Waals surface area contributed by atoms with Crippen molar-refractivity contribution in [1.29, 1.82) is 0 Å². The second-order valence-corrected chi connectivity index (χ2v) is 3.10. The van der Waals surface area contributed by atoms with Crippen LogP contribution in [0.1, 0.15) is 0 Å². The van der Waals surface area contributed by atoms with Crippen molar-refractivity contribution in [3.8, 4) is 17.1 Å². The van der Waals surface area contributed by atoms with Gasteiger partial charge in [-0.15, -0.1) is 0 Å². The molecule has 0 spiro atoms. The Bertz CT molecular complexity index is 428. The van der Waals surface area contributed by atoms with E-state index >= 15 is 0 Å². The molecule has 66 valence electrons. The predicted molar refractivity (Wildman–Crippen MR) is 49.1 cm³/mol. The van der Waals surface area contributed by atoms with Crippen molar-refractivity contribution >= 4 is 15.9 Å². The summed E-state index contributed by atoms with van der Waals surface area (Å²) in [5, 5.41) is 12.9. The fourth-order valence-electron chi connectivity index (χ4n) is 0.967. The molecule has 2 aromatic rings. The standard InChI is InChI=1S/C8H5BrN2O2/c9-8-10-7(11-13-8)5-2-1-3-6(12)4-5/h1-4,12H. The fourth-order valence-corrected chi connectivity index (χ4v) is 1.21. The zero-order valence-corrected chi connectivity index (χ0v) is 8.02. The van der Waals surface area contributed by atoms with Crippen LogP contribution in [0.25, 0.3) is 11.4 Å². The summed E-state index contributed by atoms with van der Waals surface area (Å²) in [6.45, 7) is 0. The highest BCUT2D eigenvalue weighted by Gasteiger charge is 2.05. The molecule has 1 aromatic heterocycles. The summed E-state index contributed by atoms with van der Waals surface area (Å²) in [5.74, 6) is 0.626. The van der Waals surface area contributed by atoms with E-state index in [0.29, 0.717) is 10.6 Å². The number of rotatable bonds is 1. The molecule has 0 aliphatic carbocycles. The summed E-state index contributed by atoms with van der Waals surface area (Å²) in [7, 11) is 0. The lowest BCUT2D eigenvalue weighted by Gasteiger charge is -1.93. The van der Waals surface area contributed by atoms with E-state index in [9.17, 15) is 5.11 Å². The smallest absolute Gasteiger partial charge is 0.294 e. The second-order valence-electron chi connectivity index (χ2n) is 2.42. The maximum absolute atomic E-state index is 9.18. The van der Waals surface area contributed by atoms with Crippen LogP contribution in [0.15, 0.2) is 33.6 Å². The summed E-state index contributed by atoms with van der Waals surface area (Å²) in [6.07, 6.45) is 0. The molecule has 0 radical (unpaired) electrons. The number of nitrogens with zero attached hydrogens (tertiary/aromatic N) is 2. The monoisotopic (exact) mass is 240 g/mol. The molecule has 4 nitrogen and oxygen atoms in total. The van der Waals surface area contributed by atoms with E-state index in [0.717, 1.165) is 5.56 Å². The fraction of sp³-hybridized carbons (Fsp3) is 0. The first-order valence-corrected chi connectivity index (χ1v) is 4.33. The quantitative estimate of drug-likeness (QED) is 0.831.